The predicted molar refractivity (Wildman–Crippen MR) is 97.9 cm³/mol. The van der Waals surface area contributed by atoms with Crippen LogP contribution in [0.1, 0.15) is 18.2 Å². The summed E-state index contributed by atoms with van der Waals surface area (Å²) in [5.41, 5.74) is 0.910. The molecule has 1 unspecified atom stereocenters. The van der Waals surface area contributed by atoms with Crippen LogP contribution >= 0.6 is 11.8 Å². The van der Waals surface area contributed by atoms with E-state index in [1.165, 1.54) is 22.3 Å². The molecule has 0 N–H and O–H groups in total. The minimum absolute atomic E-state index is 0.406. The Kier molecular flexibility index (Phi) is 4.79. The number of nitrogens with zero attached hydrogens (tertiary/aromatic N) is 3. The average Bonchev–Trinajstić information content (AvgIpc) is 3.21. The average molecular weight is 375 g/mol. The summed E-state index contributed by atoms with van der Waals surface area (Å²) in [5, 5.41) is 8.99. The molecule has 1 aliphatic rings. The standard InChI is InChI=1S/C17H17N3O3S2/c1-13-11-20(25(2,21)22)17(24-13)19(12-16-4-3-9-23-16)15-7-5-14(10-18)6-8-15/h3-9,11,17H,12H2,1-2H3. The summed E-state index contributed by atoms with van der Waals surface area (Å²) in [6.07, 6.45) is 4.43. The number of thioether (sulfide) groups is 1. The Morgan fingerprint density at radius 1 is 1.32 bits per heavy atom. The lowest BCUT2D eigenvalue weighted by atomic mass is 10.2. The number of sulfonamides is 1. The molecule has 1 aliphatic heterocycles. The highest BCUT2D eigenvalue weighted by atomic mass is 32.2. The van der Waals surface area contributed by atoms with Crippen LogP contribution in [0, 0.1) is 11.3 Å². The van der Waals surface area contributed by atoms with E-state index in [4.69, 9.17) is 9.68 Å². The molecule has 0 saturated heterocycles. The quantitative estimate of drug-likeness (QED) is 0.798. The van der Waals surface area contributed by atoms with Gasteiger partial charge in [0, 0.05) is 16.8 Å². The Morgan fingerprint density at radius 3 is 2.60 bits per heavy atom. The van der Waals surface area contributed by atoms with Crippen molar-refractivity contribution in [3.05, 3.63) is 65.1 Å². The first-order chi connectivity index (χ1) is 11.9. The van der Waals surface area contributed by atoms with E-state index in [2.05, 4.69) is 6.07 Å². The third-order valence-electron chi connectivity index (χ3n) is 3.70. The van der Waals surface area contributed by atoms with E-state index in [1.807, 2.05) is 30.0 Å². The lowest BCUT2D eigenvalue weighted by molar-refractivity contribution is 0.449. The molecule has 1 aromatic carbocycles. The molecular formula is C17H17N3O3S2. The molecule has 0 fully saturated rings. The molecule has 1 aromatic heterocycles. The maximum atomic E-state index is 12.2. The molecule has 0 radical (unpaired) electrons. The summed E-state index contributed by atoms with van der Waals surface area (Å²) in [7, 11) is -3.42. The topological polar surface area (TPSA) is 77.6 Å². The van der Waals surface area contributed by atoms with Gasteiger partial charge in [-0.3, -0.25) is 0 Å². The summed E-state index contributed by atoms with van der Waals surface area (Å²) in [6, 6.07) is 12.8. The van der Waals surface area contributed by atoms with Gasteiger partial charge in [-0.05, 0) is 43.3 Å². The van der Waals surface area contributed by atoms with Gasteiger partial charge >= 0.3 is 0 Å². The molecule has 0 aliphatic carbocycles. The zero-order valence-corrected chi connectivity index (χ0v) is 15.4. The number of hydrogen-bond donors (Lipinski definition) is 0. The van der Waals surface area contributed by atoms with Crippen LogP contribution in [0.4, 0.5) is 5.69 Å². The molecular weight excluding hydrogens is 358 g/mol. The van der Waals surface area contributed by atoms with Crippen molar-refractivity contribution in [1.82, 2.24) is 4.31 Å². The number of hydrogen-bond acceptors (Lipinski definition) is 6. The van der Waals surface area contributed by atoms with E-state index in [-0.39, 0.29) is 0 Å². The van der Waals surface area contributed by atoms with Crippen LogP contribution in [0.15, 0.2) is 58.2 Å². The van der Waals surface area contributed by atoms with Gasteiger partial charge in [-0.15, -0.1) is 0 Å². The van der Waals surface area contributed by atoms with Crippen molar-refractivity contribution in [1.29, 1.82) is 5.26 Å². The van der Waals surface area contributed by atoms with Crippen molar-refractivity contribution in [2.24, 2.45) is 0 Å². The van der Waals surface area contributed by atoms with Crippen molar-refractivity contribution in [2.75, 3.05) is 11.2 Å². The Hall–Kier alpha value is -2.37. The van der Waals surface area contributed by atoms with Crippen LogP contribution in [0.5, 0.6) is 0 Å². The molecule has 2 heterocycles. The van der Waals surface area contributed by atoms with Crippen molar-refractivity contribution in [2.45, 2.75) is 19.0 Å². The molecule has 3 rings (SSSR count). The predicted octanol–water partition coefficient (Wildman–Crippen LogP) is 3.31. The van der Waals surface area contributed by atoms with Gasteiger partial charge in [0.2, 0.25) is 10.0 Å². The summed E-state index contributed by atoms with van der Waals surface area (Å²) < 4.78 is 31.2. The first-order valence-electron chi connectivity index (χ1n) is 7.51. The second-order valence-electron chi connectivity index (χ2n) is 5.64. The third kappa shape index (κ3) is 3.83. The fourth-order valence-electron chi connectivity index (χ4n) is 2.55. The van der Waals surface area contributed by atoms with Gasteiger partial charge in [0.1, 0.15) is 5.76 Å². The second-order valence-corrected chi connectivity index (χ2v) is 8.83. The van der Waals surface area contributed by atoms with Crippen molar-refractivity contribution in [3.63, 3.8) is 0 Å². The van der Waals surface area contributed by atoms with E-state index in [9.17, 15) is 8.42 Å². The van der Waals surface area contributed by atoms with Crippen LogP contribution < -0.4 is 4.90 Å². The Morgan fingerprint density at radius 2 is 2.04 bits per heavy atom. The van der Waals surface area contributed by atoms with Gasteiger partial charge in [-0.25, -0.2) is 12.7 Å². The van der Waals surface area contributed by atoms with Gasteiger partial charge in [0.05, 0.1) is 30.7 Å². The van der Waals surface area contributed by atoms with E-state index in [0.717, 1.165) is 16.4 Å². The lowest BCUT2D eigenvalue weighted by Crippen LogP contribution is -2.44. The summed E-state index contributed by atoms with van der Waals surface area (Å²) in [6.45, 7) is 2.29. The van der Waals surface area contributed by atoms with E-state index in [1.54, 1.807) is 30.7 Å². The van der Waals surface area contributed by atoms with Crippen LogP contribution in [-0.4, -0.2) is 24.5 Å². The van der Waals surface area contributed by atoms with Crippen molar-refractivity contribution >= 4 is 27.5 Å². The molecule has 2 aromatic rings. The van der Waals surface area contributed by atoms with Gasteiger partial charge in [-0.1, -0.05) is 11.8 Å². The highest BCUT2D eigenvalue weighted by Gasteiger charge is 2.35. The molecule has 6 nitrogen and oxygen atoms in total. The zero-order valence-electron chi connectivity index (χ0n) is 13.8. The van der Waals surface area contributed by atoms with Gasteiger partial charge < -0.3 is 9.32 Å². The van der Waals surface area contributed by atoms with Crippen molar-refractivity contribution in [3.8, 4) is 6.07 Å². The van der Waals surface area contributed by atoms with Crippen LogP contribution in [0.3, 0.4) is 0 Å². The lowest BCUT2D eigenvalue weighted by Gasteiger charge is -2.35. The molecule has 130 valence electrons. The smallest absolute Gasteiger partial charge is 0.234 e. The molecule has 0 spiro atoms. The fraction of sp³-hybridized carbons (Fsp3) is 0.235. The molecule has 8 heteroatoms. The number of rotatable bonds is 5. The van der Waals surface area contributed by atoms with Crippen LogP contribution in [0.25, 0.3) is 0 Å². The van der Waals surface area contributed by atoms with Crippen LogP contribution in [0.2, 0.25) is 0 Å². The molecule has 1 atom stereocenters. The molecule has 25 heavy (non-hydrogen) atoms. The first-order valence-corrected chi connectivity index (χ1v) is 10.2. The second kappa shape index (κ2) is 6.86. The minimum atomic E-state index is -3.42. The number of allylic oxidation sites excluding steroid dienone is 1. The Balaban J connectivity index is 2.00. The van der Waals surface area contributed by atoms with Crippen LogP contribution in [-0.2, 0) is 16.6 Å². The fourth-order valence-corrected chi connectivity index (χ4v) is 5.00. The van der Waals surface area contributed by atoms with Gasteiger partial charge in [0.25, 0.3) is 0 Å². The maximum absolute atomic E-state index is 12.2. The SMILES string of the molecule is CC1=CN(S(C)(=O)=O)C(N(Cc2ccco2)c2ccc(C#N)cc2)S1. The number of anilines is 1. The number of benzene rings is 1. The highest BCUT2D eigenvalue weighted by Crippen LogP contribution is 2.39. The summed E-state index contributed by atoms with van der Waals surface area (Å²) in [4.78, 5) is 2.85. The monoisotopic (exact) mass is 375 g/mol. The van der Waals surface area contributed by atoms with Gasteiger partial charge in [0.15, 0.2) is 5.50 Å². The summed E-state index contributed by atoms with van der Waals surface area (Å²) in [5.74, 6) is 0.725. The third-order valence-corrected chi connectivity index (χ3v) is 6.08. The zero-order chi connectivity index (χ0) is 18.0. The number of nitriles is 1. The Labute approximate surface area is 151 Å². The molecule has 0 amide bonds. The van der Waals surface area contributed by atoms with E-state index < -0.39 is 15.5 Å². The van der Waals surface area contributed by atoms with E-state index in [0.29, 0.717) is 12.1 Å². The number of furan rings is 1. The van der Waals surface area contributed by atoms with Gasteiger partial charge in [-0.2, -0.15) is 5.26 Å². The Bertz CT molecular complexity index is 913. The minimum Gasteiger partial charge on any atom is -0.467 e. The summed E-state index contributed by atoms with van der Waals surface area (Å²) >= 11 is 1.46. The molecule has 0 bridgehead atoms. The normalized spacial score (nSPS) is 17.2. The molecule has 0 saturated carbocycles. The maximum Gasteiger partial charge on any atom is 0.234 e. The van der Waals surface area contributed by atoms with Crippen molar-refractivity contribution < 1.29 is 12.8 Å². The highest BCUT2D eigenvalue weighted by molar-refractivity contribution is 8.04. The van der Waals surface area contributed by atoms with E-state index >= 15 is 0 Å². The first kappa shape index (κ1) is 17.5. The largest absolute Gasteiger partial charge is 0.467 e.